The van der Waals surface area contributed by atoms with Crippen LogP contribution in [0.5, 0.6) is 5.75 Å². The molecule has 0 unspecified atom stereocenters. The Hall–Kier alpha value is -1.44. The van der Waals surface area contributed by atoms with Gasteiger partial charge in [-0.3, -0.25) is 4.72 Å². The third-order valence-electron chi connectivity index (χ3n) is 2.67. The van der Waals surface area contributed by atoms with Crippen LogP contribution in [0.3, 0.4) is 0 Å². The lowest BCUT2D eigenvalue weighted by molar-refractivity contribution is 0.417. The molecule has 0 aliphatic heterocycles. The summed E-state index contributed by atoms with van der Waals surface area (Å²) in [5.74, 6) is 0.409. The van der Waals surface area contributed by atoms with Crippen LogP contribution in [0.15, 0.2) is 45.8 Å². The highest BCUT2D eigenvalue weighted by Gasteiger charge is 2.21. The molecule has 0 saturated carbocycles. The molecule has 2 aromatic carbocycles. The van der Waals surface area contributed by atoms with Gasteiger partial charge in [-0.1, -0.05) is 23.7 Å². The van der Waals surface area contributed by atoms with Gasteiger partial charge in [-0.2, -0.15) is 0 Å². The van der Waals surface area contributed by atoms with Crippen molar-refractivity contribution in [3.63, 3.8) is 0 Å². The molecule has 0 aromatic heterocycles. The van der Waals surface area contributed by atoms with Gasteiger partial charge in [0.1, 0.15) is 10.6 Å². The van der Waals surface area contributed by atoms with Crippen LogP contribution in [0.25, 0.3) is 0 Å². The number of halogens is 2. The van der Waals surface area contributed by atoms with E-state index in [1.165, 1.54) is 19.2 Å². The summed E-state index contributed by atoms with van der Waals surface area (Å²) in [5, 5.41) is 0.233. The van der Waals surface area contributed by atoms with Crippen LogP contribution >= 0.6 is 27.5 Å². The summed E-state index contributed by atoms with van der Waals surface area (Å²) in [7, 11) is -2.40. The molecule has 3 N–H and O–H groups in total. The second-order valence-corrected chi connectivity index (χ2v) is 6.99. The van der Waals surface area contributed by atoms with E-state index in [0.29, 0.717) is 11.4 Å². The van der Waals surface area contributed by atoms with Crippen molar-refractivity contribution >= 4 is 48.9 Å². The zero-order chi connectivity index (χ0) is 15.6. The van der Waals surface area contributed by atoms with Gasteiger partial charge in [0.25, 0.3) is 10.0 Å². The first kappa shape index (κ1) is 15.9. The van der Waals surface area contributed by atoms with E-state index in [1.807, 2.05) is 0 Å². The molecule has 0 bridgehead atoms. The molecule has 8 heteroatoms. The van der Waals surface area contributed by atoms with Crippen molar-refractivity contribution in [3.8, 4) is 5.75 Å². The van der Waals surface area contributed by atoms with Crippen molar-refractivity contribution in [2.24, 2.45) is 0 Å². The van der Waals surface area contributed by atoms with Gasteiger partial charge in [0.2, 0.25) is 0 Å². The number of ether oxygens (including phenoxy) is 1. The van der Waals surface area contributed by atoms with E-state index in [0.717, 1.165) is 0 Å². The van der Waals surface area contributed by atoms with Crippen LogP contribution in [-0.4, -0.2) is 15.5 Å². The Labute approximate surface area is 136 Å². The number of nitrogens with one attached hydrogen (secondary N) is 1. The molecule has 2 aromatic rings. The minimum atomic E-state index is -3.86. The summed E-state index contributed by atoms with van der Waals surface area (Å²) in [6, 6.07) is 9.47. The van der Waals surface area contributed by atoms with Gasteiger partial charge < -0.3 is 10.5 Å². The van der Waals surface area contributed by atoms with Gasteiger partial charge in [-0.05, 0) is 40.2 Å². The zero-order valence-electron chi connectivity index (χ0n) is 10.9. The van der Waals surface area contributed by atoms with Crippen molar-refractivity contribution in [1.82, 2.24) is 0 Å². The maximum atomic E-state index is 12.5. The Morgan fingerprint density at radius 2 is 1.95 bits per heavy atom. The number of para-hydroxylation sites is 2. The number of nitrogen functional groups attached to an aromatic ring is 1. The molecule has 0 amide bonds. The molecular weight excluding hydrogens is 380 g/mol. The third-order valence-corrected chi connectivity index (χ3v) is 5.43. The Kier molecular flexibility index (Phi) is 4.65. The molecule has 0 spiro atoms. The predicted octanol–water partition coefficient (Wildman–Crippen LogP) is 3.49. The van der Waals surface area contributed by atoms with Crippen molar-refractivity contribution in [2.45, 2.75) is 4.90 Å². The quantitative estimate of drug-likeness (QED) is 0.782. The Morgan fingerprint density at radius 1 is 1.29 bits per heavy atom. The van der Waals surface area contributed by atoms with E-state index in [9.17, 15) is 8.42 Å². The van der Waals surface area contributed by atoms with Gasteiger partial charge in [0, 0.05) is 10.7 Å². The maximum absolute atomic E-state index is 12.5. The molecule has 0 atom stereocenters. The number of hydrogen-bond donors (Lipinski definition) is 2. The molecular formula is C13H12BrClN2O3S. The largest absolute Gasteiger partial charge is 0.495 e. The normalized spacial score (nSPS) is 11.2. The molecule has 112 valence electrons. The molecule has 0 aliphatic rings. The van der Waals surface area contributed by atoms with Crippen LogP contribution in [0.2, 0.25) is 5.02 Å². The lowest BCUT2D eigenvalue weighted by atomic mass is 10.3. The number of nitrogens with two attached hydrogens (primary N) is 1. The molecule has 0 aliphatic carbocycles. The molecule has 2 rings (SSSR count). The molecule has 0 radical (unpaired) electrons. The first-order valence-electron chi connectivity index (χ1n) is 5.75. The number of anilines is 2. The maximum Gasteiger partial charge on any atom is 0.263 e. The lowest BCUT2D eigenvalue weighted by Crippen LogP contribution is -2.14. The number of rotatable bonds is 4. The minimum Gasteiger partial charge on any atom is -0.495 e. The Bertz CT molecular complexity index is 781. The van der Waals surface area contributed by atoms with Crippen LogP contribution in [-0.2, 0) is 10.0 Å². The average molecular weight is 392 g/mol. The van der Waals surface area contributed by atoms with E-state index in [-0.39, 0.29) is 20.1 Å². The molecule has 0 saturated heterocycles. The first-order chi connectivity index (χ1) is 9.85. The SMILES string of the molecule is COc1ccccc1NS(=O)(=O)c1cc(Cl)cc(N)c1Br. The topological polar surface area (TPSA) is 81.4 Å². The van der Waals surface area contributed by atoms with E-state index in [2.05, 4.69) is 20.7 Å². The highest BCUT2D eigenvalue weighted by molar-refractivity contribution is 9.10. The Balaban J connectivity index is 2.49. The highest BCUT2D eigenvalue weighted by atomic mass is 79.9. The van der Waals surface area contributed by atoms with Crippen LogP contribution < -0.4 is 15.2 Å². The first-order valence-corrected chi connectivity index (χ1v) is 8.41. The van der Waals surface area contributed by atoms with Gasteiger partial charge in [0.15, 0.2) is 0 Å². The number of benzene rings is 2. The van der Waals surface area contributed by atoms with Crippen LogP contribution in [0.4, 0.5) is 11.4 Å². The third kappa shape index (κ3) is 3.42. The molecule has 0 heterocycles. The molecule has 21 heavy (non-hydrogen) atoms. The van der Waals surface area contributed by atoms with Crippen molar-refractivity contribution in [2.75, 3.05) is 17.6 Å². The van der Waals surface area contributed by atoms with Crippen molar-refractivity contribution in [3.05, 3.63) is 45.9 Å². The average Bonchev–Trinajstić information content (AvgIpc) is 2.43. The van der Waals surface area contributed by atoms with Gasteiger partial charge in [0.05, 0.1) is 17.3 Å². The number of methoxy groups -OCH3 is 1. The second-order valence-electron chi connectivity index (χ2n) is 4.11. The standard InChI is InChI=1S/C13H12BrClN2O3S/c1-20-11-5-3-2-4-10(11)17-21(18,19)12-7-8(15)6-9(16)13(12)14/h2-7,17H,16H2,1H3. The van der Waals surface area contributed by atoms with E-state index in [1.54, 1.807) is 24.3 Å². The number of hydrogen-bond acceptors (Lipinski definition) is 4. The van der Waals surface area contributed by atoms with Gasteiger partial charge >= 0.3 is 0 Å². The number of sulfonamides is 1. The minimum absolute atomic E-state index is 0.0431. The lowest BCUT2D eigenvalue weighted by Gasteiger charge is -2.13. The van der Waals surface area contributed by atoms with Crippen LogP contribution in [0, 0.1) is 0 Å². The van der Waals surface area contributed by atoms with Gasteiger partial charge in [-0.15, -0.1) is 0 Å². The Morgan fingerprint density at radius 3 is 2.62 bits per heavy atom. The summed E-state index contributed by atoms with van der Waals surface area (Å²) < 4.78 is 32.8. The fraction of sp³-hybridized carbons (Fsp3) is 0.0769. The summed E-state index contributed by atoms with van der Waals surface area (Å²) in [4.78, 5) is -0.0431. The van der Waals surface area contributed by atoms with Gasteiger partial charge in [-0.25, -0.2) is 8.42 Å². The van der Waals surface area contributed by atoms with Crippen molar-refractivity contribution in [1.29, 1.82) is 0 Å². The summed E-state index contributed by atoms with van der Waals surface area (Å²) in [5.41, 5.74) is 6.28. The fourth-order valence-electron chi connectivity index (χ4n) is 1.71. The molecule has 5 nitrogen and oxygen atoms in total. The predicted molar refractivity (Wildman–Crippen MR) is 87.4 cm³/mol. The van der Waals surface area contributed by atoms with E-state index in [4.69, 9.17) is 22.1 Å². The smallest absolute Gasteiger partial charge is 0.263 e. The summed E-state index contributed by atoms with van der Waals surface area (Å²) in [6.45, 7) is 0. The highest BCUT2D eigenvalue weighted by Crippen LogP contribution is 2.34. The van der Waals surface area contributed by atoms with Crippen LogP contribution in [0.1, 0.15) is 0 Å². The van der Waals surface area contributed by atoms with E-state index < -0.39 is 10.0 Å². The second kappa shape index (κ2) is 6.13. The van der Waals surface area contributed by atoms with E-state index >= 15 is 0 Å². The zero-order valence-corrected chi connectivity index (χ0v) is 14.1. The van der Waals surface area contributed by atoms with Crippen molar-refractivity contribution < 1.29 is 13.2 Å². The molecule has 0 fully saturated rings. The monoisotopic (exact) mass is 390 g/mol. The fourth-order valence-corrected chi connectivity index (χ4v) is 4.07. The summed E-state index contributed by atoms with van der Waals surface area (Å²) >= 11 is 9.04. The summed E-state index contributed by atoms with van der Waals surface area (Å²) in [6.07, 6.45) is 0.